The molecule has 0 atom stereocenters. The zero-order valence-electron chi connectivity index (χ0n) is 15.3. The first-order valence-electron chi connectivity index (χ1n) is 9.16. The predicted molar refractivity (Wildman–Crippen MR) is 103 cm³/mol. The predicted octanol–water partition coefficient (Wildman–Crippen LogP) is 3.86. The first-order chi connectivity index (χ1) is 13.0. The molecule has 0 aliphatic heterocycles. The number of nitrogens with zero attached hydrogens (tertiary/aromatic N) is 2. The van der Waals surface area contributed by atoms with E-state index in [1.165, 1.54) is 40.6 Å². The zero-order chi connectivity index (χ0) is 18.6. The average Bonchev–Trinajstić information content (AvgIpc) is 3.09. The van der Waals surface area contributed by atoms with E-state index in [1.54, 1.807) is 0 Å². The van der Waals surface area contributed by atoms with Crippen LogP contribution in [0.1, 0.15) is 42.3 Å². The Kier molecular flexibility index (Phi) is 3.37. The van der Waals surface area contributed by atoms with E-state index >= 15 is 0 Å². The van der Waals surface area contributed by atoms with Crippen LogP contribution in [0.3, 0.4) is 0 Å². The summed E-state index contributed by atoms with van der Waals surface area (Å²) in [7, 11) is 0. The molecule has 5 rings (SSSR count). The lowest BCUT2D eigenvalue weighted by Gasteiger charge is -2.11. The molecule has 3 aromatic heterocycles. The fourth-order valence-electron chi connectivity index (χ4n) is 3.74. The van der Waals surface area contributed by atoms with Crippen molar-refractivity contribution >= 4 is 10.9 Å². The molecule has 0 bridgehead atoms. The van der Waals surface area contributed by atoms with Gasteiger partial charge in [0.1, 0.15) is 5.69 Å². The molecule has 0 radical (unpaired) electrons. The van der Waals surface area contributed by atoms with Crippen LogP contribution in [-0.4, -0.2) is 20.1 Å². The van der Waals surface area contributed by atoms with Gasteiger partial charge in [-0.1, -0.05) is 30.3 Å². The van der Waals surface area contributed by atoms with Gasteiger partial charge in [-0.25, -0.2) is 9.78 Å². The van der Waals surface area contributed by atoms with Crippen molar-refractivity contribution in [2.45, 2.75) is 38.5 Å². The molecule has 1 saturated carbocycles. The molecular formula is C21H20N4O2. The molecule has 4 aromatic rings. The quantitative estimate of drug-likeness (QED) is 0.578. The lowest BCUT2D eigenvalue weighted by molar-refractivity contribution is 0.387. The normalized spacial score (nSPS) is 15.3. The van der Waals surface area contributed by atoms with Crippen molar-refractivity contribution in [2.75, 3.05) is 0 Å². The summed E-state index contributed by atoms with van der Waals surface area (Å²) in [5.74, 6) is -0.223. The van der Waals surface area contributed by atoms with Gasteiger partial charge in [0, 0.05) is 34.1 Å². The topological polar surface area (TPSA) is 87.6 Å². The van der Waals surface area contributed by atoms with Crippen LogP contribution in [0.15, 0.2) is 45.7 Å². The molecule has 6 nitrogen and oxygen atoms in total. The van der Waals surface area contributed by atoms with E-state index in [2.05, 4.69) is 51.7 Å². The summed E-state index contributed by atoms with van der Waals surface area (Å²) in [6, 6.07) is 12.3. The van der Waals surface area contributed by atoms with Gasteiger partial charge in [-0.05, 0) is 49.1 Å². The highest BCUT2D eigenvalue weighted by Gasteiger charge is 2.42. The standard InChI is InChI=1S/C21H20N4O2/c1-12-6-7-14-15(18(21(2)8-9-21)23-17(14)10-12)11-13-4-3-5-16(22-13)19-24-20(26)27-25-19/h3-7,10,23H,8-9,11H2,1-2H3,(H,24,25,26). The van der Waals surface area contributed by atoms with Crippen molar-refractivity contribution in [1.82, 2.24) is 20.1 Å². The molecule has 27 heavy (non-hydrogen) atoms. The van der Waals surface area contributed by atoms with E-state index < -0.39 is 5.76 Å². The number of rotatable bonds is 4. The zero-order valence-corrected chi connectivity index (χ0v) is 15.3. The Balaban J connectivity index is 1.59. The van der Waals surface area contributed by atoms with Crippen molar-refractivity contribution in [3.8, 4) is 11.5 Å². The SMILES string of the molecule is Cc1ccc2c(Cc3cccc(-c4noc(=O)[nH]4)n3)c(C3(C)CC3)[nH]c2c1. The van der Waals surface area contributed by atoms with Gasteiger partial charge in [0.15, 0.2) is 0 Å². The van der Waals surface area contributed by atoms with Crippen LogP contribution in [0.5, 0.6) is 0 Å². The Labute approximate surface area is 155 Å². The number of aryl methyl sites for hydroxylation is 1. The Morgan fingerprint density at radius 2 is 2.04 bits per heavy atom. The number of benzene rings is 1. The monoisotopic (exact) mass is 360 g/mol. The first-order valence-corrected chi connectivity index (χ1v) is 9.16. The number of hydrogen-bond donors (Lipinski definition) is 2. The van der Waals surface area contributed by atoms with Gasteiger partial charge in [0.25, 0.3) is 0 Å². The van der Waals surface area contributed by atoms with Gasteiger partial charge >= 0.3 is 5.76 Å². The summed E-state index contributed by atoms with van der Waals surface area (Å²) in [4.78, 5) is 22.1. The fraction of sp³-hybridized carbons (Fsp3) is 0.286. The van der Waals surface area contributed by atoms with Crippen LogP contribution >= 0.6 is 0 Å². The molecule has 0 saturated heterocycles. The Morgan fingerprint density at radius 1 is 1.19 bits per heavy atom. The number of pyridine rings is 1. The van der Waals surface area contributed by atoms with E-state index in [-0.39, 0.29) is 5.41 Å². The molecule has 136 valence electrons. The van der Waals surface area contributed by atoms with Gasteiger partial charge < -0.3 is 4.98 Å². The van der Waals surface area contributed by atoms with Crippen LogP contribution in [0.25, 0.3) is 22.4 Å². The van der Waals surface area contributed by atoms with Gasteiger partial charge in [0.05, 0.1) is 0 Å². The number of aromatic nitrogens is 4. The van der Waals surface area contributed by atoms with E-state index in [9.17, 15) is 4.79 Å². The summed E-state index contributed by atoms with van der Waals surface area (Å²) < 4.78 is 4.60. The third-order valence-electron chi connectivity index (χ3n) is 5.51. The Hall–Kier alpha value is -3.15. The van der Waals surface area contributed by atoms with Crippen molar-refractivity contribution in [1.29, 1.82) is 0 Å². The fourth-order valence-corrected chi connectivity index (χ4v) is 3.74. The van der Waals surface area contributed by atoms with Crippen molar-refractivity contribution in [3.05, 3.63) is 69.5 Å². The second-order valence-electron chi connectivity index (χ2n) is 7.72. The molecule has 2 N–H and O–H groups in total. The van der Waals surface area contributed by atoms with Gasteiger partial charge in [-0.15, -0.1) is 0 Å². The van der Waals surface area contributed by atoms with Crippen LogP contribution in [0.4, 0.5) is 0 Å². The molecule has 0 amide bonds. The van der Waals surface area contributed by atoms with E-state index in [0.717, 1.165) is 12.1 Å². The van der Waals surface area contributed by atoms with E-state index in [1.807, 2.05) is 18.2 Å². The molecule has 1 fully saturated rings. The molecule has 1 aliphatic rings. The smallest absolute Gasteiger partial charge is 0.358 e. The highest BCUT2D eigenvalue weighted by atomic mass is 16.5. The van der Waals surface area contributed by atoms with Crippen LogP contribution in [-0.2, 0) is 11.8 Å². The van der Waals surface area contributed by atoms with Crippen molar-refractivity contribution < 1.29 is 4.52 Å². The van der Waals surface area contributed by atoms with E-state index in [0.29, 0.717) is 11.5 Å². The molecule has 6 heteroatoms. The van der Waals surface area contributed by atoms with Gasteiger partial charge in [-0.3, -0.25) is 9.51 Å². The second-order valence-corrected chi connectivity index (χ2v) is 7.72. The van der Waals surface area contributed by atoms with Gasteiger partial charge in [-0.2, -0.15) is 0 Å². The maximum Gasteiger partial charge on any atom is 0.439 e. The first kappa shape index (κ1) is 16.1. The molecule has 0 unspecified atom stereocenters. The Bertz CT molecular complexity index is 1210. The average molecular weight is 360 g/mol. The summed E-state index contributed by atoms with van der Waals surface area (Å²) in [5, 5.41) is 4.99. The van der Waals surface area contributed by atoms with Crippen LogP contribution < -0.4 is 5.76 Å². The summed E-state index contributed by atoms with van der Waals surface area (Å²) in [6.07, 6.45) is 3.14. The van der Waals surface area contributed by atoms with Crippen LogP contribution in [0.2, 0.25) is 0 Å². The lowest BCUT2D eigenvalue weighted by atomic mass is 9.96. The second kappa shape index (κ2) is 5.67. The third-order valence-corrected chi connectivity index (χ3v) is 5.51. The van der Waals surface area contributed by atoms with Crippen molar-refractivity contribution in [3.63, 3.8) is 0 Å². The minimum Gasteiger partial charge on any atom is -0.358 e. The number of nitrogens with one attached hydrogen (secondary N) is 2. The summed E-state index contributed by atoms with van der Waals surface area (Å²) in [5.41, 5.74) is 6.84. The highest BCUT2D eigenvalue weighted by molar-refractivity contribution is 5.86. The molecule has 1 aliphatic carbocycles. The molecule has 0 spiro atoms. The minimum atomic E-state index is -0.576. The summed E-state index contributed by atoms with van der Waals surface area (Å²) in [6.45, 7) is 4.43. The molecule has 3 heterocycles. The van der Waals surface area contributed by atoms with Crippen molar-refractivity contribution in [2.24, 2.45) is 0 Å². The maximum atomic E-state index is 11.2. The van der Waals surface area contributed by atoms with E-state index in [4.69, 9.17) is 4.98 Å². The third kappa shape index (κ3) is 2.77. The van der Waals surface area contributed by atoms with Gasteiger partial charge in [0.2, 0.25) is 5.82 Å². The number of H-pyrrole nitrogens is 2. The molecular weight excluding hydrogens is 340 g/mol. The maximum absolute atomic E-state index is 11.2. The lowest BCUT2D eigenvalue weighted by Crippen LogP contribution is -2.05. The largest absolute Gasteiger partial charge is 0.439 e. The number of fused-ring (bicyclic) bond motifs is 1. The minimum absolute atomic E-state index is 0.233. The number of aromatic amines is 2. The highest BCUT2D eigenvalue weighted by Crippen LogP contribution is 2.50. The van der Waals surface area contributed by atoms with Crippen LogP contribution in [0, 0.1) is 6.92 Å². The number of hydrogen-bond acceptors (Lipinski definition) is 4. The molecule has 1 aromatic carbocycles. The Morgan fingerprint density at radius 3 is 2.78 bits per heavy atom. The summed E-state index contributed by atoms with van der Waals surface area (Å²) >= 11 is 0.